The highest BCUT2D eigenvalue weighted by Gasteiger charge is 2.50. The number of nitrogens with zero attached hydrogens (tertiary/aromatic N) is 1. The number of piperidine rings is 1. The average Bonchev–Trinajstić information content (AvgIpc) is 2.78. The molecule has 0 radical (unpaired) electrons. The minimum absolute atomic E-state index is 0.0457. The van der Waals surface area contributed by atoms with E-state index >= 15 is 0 Å². The van der Waals surface area contributed by atoms with Gasteiger partial charge in [-0.05, 0) is 54.7 Å². The fourth-order valence-corrected chi connectivity index (χ4v) is 4.83. The molecule has 0 aromatic heterocycles. The van der Waals surface area contributed by atoms with Crippen LogP contribution in [0.15, 0.2) is 42.5 Å². The summed E-state index contributed by atoms with van der Waals surface area (Å²) in [6, 6.07) is 10.8. The molecule has 0 saturated carbocycles. The van der Waals surface area contributed by atoms with E-state index in [1.165, 1.54) is 6.07 Å². The first-order valence-electron chi connectivity index (χ1n) is 11.7. The molecule has 0 spiro atoms. The lowest BCUT2D eigenvalue weighted by Crippen LogP contribution is -2.60. The van der Waals surface area contributed by atoms with Crippen molar-refractivity contribution in [2.45, 2.75) is 52.7 Å². The lowest BCUT2D eigenvalue weighted by atomic mass is 9.66. The second-order valence-corrected chi connectivity index (χ2v) is 10.7. The summed E-state index contributed by atoms with van der Waals surface area (Å²) in [5.41, 5.74) is -0.268. The van der Waals surface area contributed by atoms with Crippen molar-refractivity contribution in [3.8, 4) is 0 Å². The molecule has 1 fully saturated rings. The Morgan fingerprint density at radius 3 is 2.26 bits per heavy atom. The molecule has 0 bridgehead atoms. The molecular formula is C27H33ClN2O5. The van der Waals surface area contributed by atoms with Gasteiger partial charge >= 0.3 is 5.97 Å². The Kier molecular flexibility index (Phi) is 7.62. The Morgan fingerprint density at radius 2 is 1.71 bits per heavy atom. The number of amides is 2. The Balaban J connectivity index is 1.79. The van der Waals surface area contributed by atoms with Gasteiger partial charge in [0.05, 0.1) is 11.2 Å². The quantitative estimate of drug-likeness (QED) is 0.549. The molecule has 1 aliphatic heterocycles. The molecule has 3 N–H and O–H groups in total. The molecule has 1 aliphatic rings. The molecule has 2 unspecified atom stereocenters. The lowest BCUT2D eigenvalue weighted by molar-refractivity contribution is -0.155. The number of rotatable bonds is 6. The molecule has 1 saturated heterocycles. The maximum absolute atomic E-state index is 13.5. The second kappa shape index (κ2) is 9.99. The number of benzene rings is 2. The van der Waals surface area contributed by atoms with Gasteiger partial charge in [-0.2, -0.15) is 0 Å². The highest BCUT2D eigenvalue weighted by molar-refractivity contribution is 6.30. The van der Waals surface area contributed by atoms with Gasteiger partial charge in [0.25, 0.3) is 5.91 Å². The van der Waals surface area contributed by atoms with Crippen LogP contribution in [0.25, 0.3) is 0 Å². The largest absolute Gasteiger partial charge is 0.478 e. The van der Waals surface area contributed by atoms with E-state index < -0.39 is 28.9 Å². The van der Waals surface area contributed by atoms with Crippen LogP contribution in [-0.4, -0.2) is 52.0 Å². The highest BCUT2D eigenvalue weighted by Crippen LogP contribution is 2.46. The smallest absolute Gasteiger partial charge is 0.335 e. The van der Waals surface area contributed by atoms with Gasteiger partial charge in [-0.3, -0.25) is 9.59 Å². The van der Waals surface area contributed by atoms with Gasteiger partial charge in [0, 0.05) is 29.1 Å². The van der Waals surface area contributed by atoms with Crippen LogP contribution < -0.4 is 5.32 Å². The number of carboxylic acids is 1. The first-order chi connectivity index (χ1) is 16.3. The number of aromatic carboxylic acids is 1. The van der Waals surface area contributed by atoms with Crippen LogP contribution in [0.2, 0.25) is 5.02 Å². The SMILES string of the molecule is Cc1ccc(C(=O)NC(C(=O)N2CCC(O)(c3ccc(Cl)cc3)C(C)(C)C2)C(C)C)cc1C(=O)O. The summed E-state index contributed by atoms with van der Waals surface area (Å²) >= 11 is 6.02. The van der Waals surface area contributed by atoms with Gasteiger partial charge in [0.1, 0.15) is 6.04 Å². The van der Waals surface area contributed by atoms with Gasteiger partial charge in [0.15, 0.2) is 0 Å². The second-order valence-electron chi connectivity index (χ2n) is 10.3. The third kappa shape index (κ3) is 5.36. The molecule has 0 aliphatic carbocycles. The molecule has 3 rings (SSSR count). The Labute approximate surface area is 211 Å². The fraction of sp³-hybridized carbons (Fsp3) is 0.444. The monoisotopic (exact) mass is 500 g/mol. The number of carbonyl (C=O) groups excluding carboxylic acids is 2. The van der Waals surface area contributed by atoms with Crippen molar-refractivity contribution in [1.29, 1.82) is 0 Å². The summed E-state index contributed by atoms with van der Waals surface area (Å²) in [6.07, 6.45) is 0.339. The highest BCUT2D eigenvalue weighted by atomic mass is 35.5. The maximum atomic E-state index is 13.5. The van der Waals surface area contributed by atoms with E-state index in [0.29, 0.717) is 30.1 Å². The molecular weight excluding hydrogens is 468 g/mol. The summed E-state index contributed by atoms with van der Waals surface area (Å²) in [6.45, 7) is 9.83. The Morgan fingerprint density at radius 1 is 1.09 bits per heavy atom. The normalized spacial score (nSPS) is 20.4. The molecule has 188 valence electrons. The summed E-state index contributed by atoms with van der Waals surface area (Å²) in [5.74, 6) is -2.05. The molecule has 35 heavy (non-hydrogen) atoms. The number of aryl methyl sites for hydroxylation is 1. The number of halogens is 1. The first kappa shape index (κ1) is 26.7. The summed E-state index contributed by atoms with van der Waals surface area (Å²) in [5, 5.41) is 24.4. The van der Waals surface area contributed by atoms with Gasteiger partial charge in [-0.15, -0.1) is 0 Å². The third-order valence-corrected chi connectivity index (χ3v) is 7.28. The molecule has 7 nitrogen and oxygen atoms in total. The predicted octanol–water partition coefficient (Wildman–Crippen LogP) is 4.25. The van der Waals surface area contributed by atoms with Crippen LogP contribution in [0.4, 0.5) is 0 Å². The molecule has 2 aromatic carbocycles. The van der Waals surface area contributed by atoms with Gasteiger partial charge < -0.3 is 20.4 Å². The van der Waals surface area contributed by atoms with Crippen molar-refractivity contribution in [1.82, 2.24) is 10.2 Å². The van der Waals surface area contributed by atoms with Crippen molar-refractivity contribution < 1.29 is 24.6 Å². The zero-order valence-electron chi connectivity index (χ0n) is 20.8. The van der Waals surface area contributed by atoms with E-state index in [0.717, 1.165) is 5.56 Å². The lowest BCUT2D eigenvalue weighted by Gasteiger charge is -2.51. The number of carboxylic acid groups (broad SMARTS) is 1. The van der Waals surface area contributed by atoms with E-state index in [4.69, 9.17) is 11.6 Å². The number of carbonyl (C=O) groups is 3. The van der Waals surface area contributed by atoms with Crippen LogP contribution in [0.1, 0.15) is 66.0 Å². The van der Waals surface area contributed by atoms with Crippen molar-refractivity contribution >= 4 is 29.4 Å². The van der Waals surface area contributed by atoms with E-state index in [1.54, 1.807) is 36.1 Å². The van der Waals surface area contributed by atoms with E-state index in [-0.39, 0.29) is 23.0 Å². The zero-order valence-corrected chi connectivity index (χ0v) is 21.5. The van der Waals surface area contributed by atoms with Crippen LogP contribution in [0, 0.1) is 18.3 Å². The first-order valence-corrected chi connectivity index (χ1v) is 12.1. The van der Waals surface area contributed by atoms with E-state index in [9.17, 15) is 24.6 Å². The molecule has 2 atom stereocenters. The Hall–Kier alpha value is -2.90. The minimum atomic E-state index is -1.14. The number of nitrogens with one attached hydrogen (secondary N) is 1. The van der Waals surface area contributed by atoms with Crippen LogP contribution in [0.3, 0.4) is 0 Å². The maximum Gasteiger partial charge on any atom is 0.335 e. The van der Waals surface area contributed by atoms with Gasteiger partial charge in [0.2, 0.25) is 5.91 Å². The van der Waals surface area contributed by atoms with E-state index in [1.807, 2.05) is 39.8 Å². The van der Waals surface area contributed by atoms with Crippen LogP contribution >= 0.6 is 11.6 Å². The minimum Gasteiger partial charge on any atom is -0.478 e. The molecule has 8 heteroatoms. The van der Waals surface area contributed by atoms with Crippen LogP contribution in [0.5, 0.6) is 0 Å². The summed E-state index contributed by atoms with van der Waals surface area (Å²) in [7, 11) is 0. The number of aliphatic hydroxyl groups is 1. The van der Waals surface area contributed by atoms with Crippen molar-refractivity contribution in [2.75, 3.05) is 13.1 Å². The average molecular weight is 501 g/mol. The Bertz CT molecular complexity index is 1130. The van der Waals surface area contributed by atoms with Crippen molar-refractivity contribution in [3.63, 3.8) is 0 Å². The predicted molar refractivity (Wildman–Crippen MR) is 135 cm³/mol. The number of hydrogen-bond donors (Lipinski definition) is 3. The zero-order chi connectivity index (χ0) is 26.1. The van der Waals surface area contributed by atoms with Gasteiger partial charge in [-0.1, -0.05) is 57.5 Å². The standard InChI is InChI=1S/C27H33ClN2O5/c1-16(2)22(29-23(31)18-7-6-17(3)21(14-18)25(33)34)24(32)30-13-12-27(35,26(4,5)15-30)19-8-10-20(28)11-9-19/h6-11,14,16,22,35H,12-13,15H2,1-5H3,(H,29,31)(H,33,34). The number of hydrogen-bond acceptors (Lipinski definition) is 4. The summed E-state index contributed by atoms with van der Waals surface area (Å²) < 4.78 is 0. The van der Waals surface area contributed by atoms with Gasteiger partial charge in [-0.25, -0.2) is 4.79 Å². The topological polar surface area (TPSA) is 107 Å². The van der Waals surface area contributed by atoms with Crippen molar-refractivity contribution in [2.24, 2.45) is 11.3 Å². The van der Waals surface area contributed by atoms with E-state index in [2.05, 4.69) is 5.32 Å². The third-order valence-electron chi connectivity index (χ3n) is 7.03. The summed E-state index contributed by atoms with van der Waals surface area (Å²) in [4.78, 5) is 39.6. The van der Waals surface area contributed by atoms with Crippen molar-refractivity contribution in [3.05, 3.63) is 69.7 Å². The molecule has 2 aromatic rings. The van der Waals surface area contributed by atoms with Crippen LogP contribution in [-0.2, 0) is 10.4 Å². The molecule has 1 heterocycles. The molecule has 2 amide bonds. The number of likely N-dealkylation sites (tertiary alicyclic amines) is 1. The fourth-order valence-electron chi connectivity index (χ4n) is 4.70.